The van der Waals surface area contributed by atoms with Gasteiger partial charge in [0.1, 0.15) is 11.9 Å². The van der Waals surface area contributed by atoms with Crippen molar-refractivity contribution in [3.63, 3.8) is 0 Å². The summed E-state index contributed by atoms with van der Waals surface area (Å²) in [5.74, 6) is -2.35. The number of ether oxygens (including phenoxy) is 1. The molecule has 0 saturated heterocycles. The number of benzene rings is 1. The Kier molecular flexibility index (Phi) is 3.77. The lowest BCUT2D eigenvalue weighted by molar-refractivity contribution is 0.0504. The highest BCUT2D eigenvalue weighted by Crippen LogP contribution is 2.30. The molecule has 0 aliphatic rings. The Morgan fingerprint density at radius 3 is 2.50 bits per heavy atom. The van der Waals surface area contributed by atoms with Crippen molar-refractivity contribution in [1.82, 2.24) is 0 Å². The number of methoxy groups -OCH3 is 1. The topological polar surface area (TPSA) is 73.5 Å². The fourth-order valence-electron chi connectivity index (χ4n) is 1.26. The van der Waals surface area contributed by atoms with Gasteiger partial charge in [0.15, 0.2) is 17.7 Å². The molecule has 1 aromatic rings. The quantitative estimate of drug-likeness (QED) is 0.755. The largest absolute Gasteiger partial charge is 0.493 e. The standard InChI is InChI=1S/C10H9F2NO3/c1-16-10-6(9(15)8(14)4-13)2-5(11)3-7(10)12/h2-3,8-9,14-15H,1H3. The van der Waals surface area contributed by atoms with E-state index in [4.69, 9.17) is 10.4 Å². The highest BCUT2D eigenvalue weighted by molar-refractivity contribution is 5.38. The molecule has 0 aliphatic heterocycles. The van der Waals surface area contributed by atoms with Crippen molar-refractivity contribution in [1.29, 1.82) is 5.26 Å². The van der Waals surface area contributed by atoms with Crippen LogP contribution in [-0.2, 0) is 0 Å². The monoisotopic (exact) mass is 229 g/mol. The van der Waals surface area contributed by atoms with E-state index in [1.807, 2.05) is 0 Å². The number of hydrogen-bond donors (Lipinski definition) is 2. The average Bonchev–Trinajstić information content (AvgIpc) is 2.26. The van der Waals surface area contributed by atoms with Crippen LogP contribution in [0.3, 0.4) is 0 Å². The van der Waals surface area contributed by atoms with Gasteiger partial charge in [-0.25, -0.2) is 8.78 Å². The van der Waals surface area contributed by atoms with E-state index in [2.05, 4.69) is 4.74 Å². The van der Waals surface area contributed by atoms with Gasteiger partial charge >= 0.3 is 0 Å². The molecule has 0 amide bonds. The molecule has 0 radical (unpaired) electrons. The van der Waals surface area contributed by atoms with Gasteiger partial charge in [-0.15, -0.1) is 0 Å². The van der Waals surface area contributed by atoms with Gasteiger partial charge in [-0.3, -0.25) is 0 Å². The molecule has 1 aromatic carbocycles. The average molecular weight is 229 g/mol. The molecule has 4 nitrogen and oxygen atoms in total. The maximum absolute atomic E-state index is 13.2. The minimum Gasteiger partial charge on any atom is -0.493 e. The molecule has 0 spiro atoms. The molecule has 0 heterocycles. The van der Waals surface area contributed by atoms with Crippen molar-refractivity contribution in [2.45, 2.75) is 12.2 Å². The van der Waals surface area contributed by atoms with Crippen LogP contribution >= 0.6 is 0 Å². The second-order valence-electron chi connectivity index (χ2n) is 3.03. The number of aliphatic hydroxyl groups is 2. The van der Waals surface area contributed by atoms with Crippen LogP contribution in [0.15, 0.2) is 12.1 Å². The molecule has 0 aliphatic carbocycles. The summed E-state index contributed by atoms with van der Waals surface area (Å²) in [6.07, 6.45) is -3.51. The van der Waals surface area contributed by atoms with E-state index in [0.717, 1.165) is 13.2 Å². The predicted molar refractivity (Wildman–Crippen MR) is 49.5 cm³/mol. The fraction of sp³-hybridized carbons (Fsp3) is 0.300. The Morgan fingerprint density at radius 2 is 2.00 bits per heavy atom. The number of halogens is 2. The zero-order valence-electron chi connectivity index (χ0n) is 8.32. The Bertz CT molecular complexity index is 431. The molecule has 2 N–H and O–H groups in total. The van der Waals surface area contributed by atoms with Crippen molar-refractivity contribution in [3.05, 3.63) is 29.3 Å². The van der Waals surface area contributed by atoms with Crippen molar-refractivity contribution in [2.75, 3.05) is 7.11 Å². The molecular weight excluding hydrogens is 220 g/mol. The fourth-order valence-corrected chi connectivity index (χ4v) is 1.26. The lowest BCUT2D eigenvalue weighted by atomic mass is 10.0. The molecule has 1 rings (SSSR count). The molecule has 86 valence electrons. The zero-order valence-corrected chi connectivity index (χ0v) is 8.32. The second kappa shape index (κ2) is 4.88. The first kappa shape index (κ1) is 12.4. The SMILES string of the molecule is COc1c(F)cc(F)cc1C(O)C(O)C#N. The third-order valence-electron chi connectivity index (χ3n) is 1.99. The Morgan fingerprint density at radius 1 is 1.38 bits per heavy atom. The minimum absolute atomic E-state index is 0.311. The maximum atomic E-state index is 13.2. The summed E-state index contributed by atoms with van der Waals surface area (Å²) in [6.45, 7) is 0. The Hall–Kier alpha value is -1.71. The van der Waals surface area contributed by atoms with Crippen molar-refractivity contribution in [3.8, 4) is 11.8 Å². The number of aliphatic hydroxyl groups excluding tert-OH is 2. The minimum atomic E-state index is -1.78. The van der Waals surface area contributed by atoms with Gasteiger partial charge in [0.05, 0.1) is 13.2 Å². The number of nitrogens with zero attached hydrogens (tertiary/aromatic N) is 1. The molecule has 0 aromatic heterocycles. The van der Waals surface area contributed by atoms with Gasteiger partial charge in [-0.1, -0.05) is 0 Å². The highest BCUT2D eigenvalue weighted by atomic mass is 19.1. The van der Waals surface area contributed by atoms with Crippen LogP contribution in [0.25, 0.3) is 0 Å². The number of rotatable bonds is 3. The van der Waals surface area contributed by atoms with Gasteiger partial charge in [-0.05, 0) is 6.07 Å². The van der Waals surface area contributed by atoms with Crippen molar-refractivity contribution in [2.24, 2.45) is 0 Å². The molecule has 2 unspecified atom stereocenters. The van der Waals surface area contributed by atoms with Gasteiger partial charge in [-0.2, -0.15) is 5.26 Å². The van der Waals surface area contributed by atoms with E-state index >= 15 is 0 Å². The van der Waals surface area contributed by atoms with Crippen molar-refractivity contribution >= 4 is 0 Å². The van der Waals surface area contributed by atoms with Gasteiger partial charge in [0, 0.05) is 11.6 Å². The van der Waals surface area contributed by atoms with E-state index < -0.39 is 29.6 Å². The molecule has 0 fully saturated rings. The van der Waals surface area contributed by atoms with Gasteiger partial charge in [0.25, 0.3) is 0 Å². The van der Waals surface area contributed by atoms with Crippen LogP contribution < -0.4 is 4.74 Å². The maximum Gasteiger partial charge on any atom is 0.170 e. The third kappa shape index (κ3) is 2.27. The third-order valence-corrected chi connectivity index (χ3v) is 1.99. The predicted octanol–water partition coefficient (Wildman–Crippen LogP) is 0.891. The van der Waals surface area contributed by atoms with E-state index in [1.165, 1.54) is 6.07 Å². The molecular formula is C10H9F2NO3. The second-order valence-corrected chi connectivity index (χ2v) is 3.03. The smallest absolute Gasteiger partial charge is 0.170 e. The van der Waals surface area contributed by atoms with Crippen LogP contribution in [0.5, 0.6) is 5.75 Å². The van der Waals surface area contributed by atoms with Crippen LogP contribution in [0.2, 0.25) is 0 Å². The normalized spacial score (nSPS) is 14.0. The summed E-state index contributed by atoms with van der Waals surface area (Å²) in [6, 6.07) is 2.73. The van der Waals surface area contributed by atoms with Crippen molar-refractivity contribution < 1.29 is 23.7 Å². The van der Waals surface area contributed by atoms with Crippen LogP contribution in [0.4, 0.5) is 8.78 Å². The first-order valence-corrected chi connectivity index (χ1v) is 4.30. The Balaban J connectivity index is 3.27. The molecule has 0 bridgehead atoms. The Labute approximate surface area is 90.3 Å². The molecule has 0 saturated carbocycles. The van der Waals surface area contributed by atoms with E-state index in [-0.39, 0.29) is 5.56 Å². The lowest BCUT2D eigenvalue weighted by Gasteiger charge is -2.16. The van der Waals surface area contributed by atoms with Crippen LogP contribution in [0, 0.1) is 23.0 Å². The summed E-state index contributed by atoms with van der Waals surface area (Å²) in [7, 11) is 1.13. The summed E-state index contributed by atoms with van der Waals surface area (Å²) in [5, 5.41) is 26.9. The molecule has 16 heavy (non-hydrogen) atoms. The van der Waals surface area contributed by atoms with Gasteiger partial charge < -0.3 is 14.9 Å². The molecule has 2 atom stereocenters. The van der Waals surface area contributed by atoms with E-state index in [0.29, 0.717) is 6.07 Å². The first-order chi connectivity index (χ1) is 7.51. The zero-order chi connectivity index (χ0) is 12.3. The summed E-state index contributed by atoms with van der Waals surface area (Å²) >= 11 is 0. The first-order valence-electron chi connectivity index (χ1n) is 4.30. The number of hydrogen-bond acceptors (Lipinski definition) is 4. The van der Waals surface area contributed by atoms with E-state index in [1.54, 1.807) is 0 Å². The van der Waals surface area contributed by atoms with E-state index in [9.17, 15) is 13.9 Å². The summed E-state index contributed by atoms with van der Waals surface area (Å²) in [5.41, 5.74) is -0.311. The summed E-state index contributed by atoms with van der Waals surface area (Å²) < 4.78 is 30.7. The number of nitriles is 1. The van der Waals surface area contributed by atoms with Gasteiger partial charge in [0.2, 0.25) is 0 Å². The lowest BCUT2D eigenvalue weighted by Crippen LogP contribution is -2.17. The summed E-state index contributed by atoms with van der Waals surface area (Å²) in [4.78, 5) is 0. The molecule has 6 heteroatoms. The highest BCUT2D eigenvalue weighted by Gasteiger charge is 2.24. The van der Waals surface area contributed by atoms with Crippen LogP contribution in [0.1, 0.15) is 11.7 Å². The van der Waals surface area contributed by atoms with Crippen LogP contribution in [-0.4, -0.2) is 23.4 Å².